The molecule has 0 saturated heterocycles. The van der Waals surface area contributed by atoms with Gasteiger partial charge in [-0.15, -0.1) is 0 Å². The lowest BCUT2D eigenvalue weighted by Crippen LogP contribution is -2.30. The zero-order chi connectivity index (χ0) is 18.1. The minimum Gasteiger partial charge on any atom is -0.293 e. The summed E-state index contributed by atoms with van der Waals surface area (Å²) in [4.78, 5) is 2.45. The van der Waals surface area contributed by atoms with Gasteiger partial charge in [-0.25, -0.2) is 4.39 Å². The first-order valence-corrected chi connectivity index (χ1v) is 9.24. The third-order valence-electron chi connectivity index (χ3n) is 5.00. The van der Waals surface area contributed by atoms with E-state index < -0.39 is 0 Å². The lowest BCUT2D eigenvalue weighted by Gasteiger charge is -2.26. The molecule has 0 bridgehead atoms. The van der Waals surface area contributed by atoms with Crippen molar-refractivity contribution in [2.45, 2.75) is 39.4 Å². The highest BCUT2D eigenvalue weighted by Gasteiger charge is 2.26. The standard InChI is InChI=1S/C22H24FN3/c1-16(2)26-22(18-8-10-19(23)11-9-18)20-12-13-25(15-21(20)24-26)14-17-6-4-3-5-7-17/h3-11,16H,12-15H2,1-2H3. The summed E-state index contributed by atoms with van der Waals surface area (Å²) in [6, 6.07) is 17.6. The second-order valence-corrected chi connectivity index (χ2v) is 7.27. The Kier molecular flexibility index (Phi) is 4.60. The second-order valence-electron chi connectivity index (χ2n) is 7.27. The largest absolute Gasteiger partial charge is 0.293 e. The van der Waals surface area contributed by atoms with Gasteiger partial charge in [0.2, 0.25) is 0 Å². The molecule has 1 aromatic heterocycles. The van der Waals surface area contributed by atoms with E-state index >= 15 is 0 Å². The van der Waals surface area contributed by atoms with Crippen LogP contribution in [0.5, 0.6) is 0 Å². The zero-order valence-corrected chi connectivity index (χ0v) is 15.3. The first kappa shape index (κ1) is 17.0. The minimum absolute atomic E-state index is 0.202. The fourth-order valence-corrected chi connectivity index (χ4v) is 3.73. The molecule has 0 spiro atoms. The van der Waals surface area contributed by atoms with E-state index in [2.05, 4.69) is 53.8 Å². The van der Waals surface area contributed by atoms with Crippen molar-refractivity contribution >= 4 is 0 Å². The molecule has 0 unspecified atom stereocenters. The summed E-state index contributed by atoms with van der Waals surface area (Å²) >= 11 is 0. The Morgan fingerprint density at radius 2 is 1.77 bits per heavy atom. The average molecular weight is 349 g/mol. The molecule has 1 aliphatic rings. The van der Waals surface area contributed by atoms with Crippen molar-refractivity contribution < 1.29 is 4.39 Å². The Morgan fingerprint density at radius 3 is 2.46 bits per heavy atom. The molecule has 2 heterocycles. The Morgan fingerprint density at radius 1 is 1.04 bits per heavy atom. The van der Waals surface area contributed by atoms with Gasteiger partial charge in [0.1, 0.15) is 5.82 Å². The van der Waals surface area contributed by atoms with Crippen molar-refractivity contribution in [2.75, 3.05) is 6.54 Å². The van der Waals surface area contributed by atoms with E-state index in [1.165, 1.54) is 23.3 Å². The fraction of sp³-hybridized carbons (Fsp3) is 0.318. The van der Waals surface area contributed by atoms with Gasteiger partial charge in [0.25, 0.3) is 0 Å². The van der Waals surface area contributed by atoms with Crippen LogP contribution >= 0.6 is 0 Å². The summed E-state index contributed by atoms with van der Waals surface area (Å²) < 4.78 is 15.5. The van der Waals surface area contributed by atoms with Gasteiger partial charge < -0.3 is 0 Å². The number of hydrogen-bond acceptors (Lipinski definition) is 2. The van der Waals surface area contributed by atoms with Gasteiger partial charge in [0, 0.05) is 36.8 Å². The Labute approximate surface area is 154 Å². The highest BCUT2D eigenvalue weighted by molar-refractivity contribution is 5.65. The molecule has 0 aliphatic carbocycles. The third kappa shape index (κ3) is 3.29. The van der Waals surface area contributed by atoms with Crippen molar-refractivity contribution in [3.05, 3.63) is 77.2 Å². The molecular formula is C22H24FN3. The van der Waals surface area contributed by atoms with Gasteiger partial charge >= 0.3 is 0 Å². The maximum Gasteiger partial charge on any atom is 0.123 e. The molecule has 3 aromatic rings. The number of nitrogens with zero attached hydrogens (tertiary/aromatic N) is 3. The number of halogens is 1. The summed E-state index contributed by atoms with van der Waals surface area (Å²) in [7, 11) is 0. The molecule has 0 amide bonds. The van der Waals surface area contributed by atoms with Crippen LogP contribution in [0.1, 0.15) is 36.7 Å². The highest BCUT2D eigenvalue weighted by Crippen LogP contribution is 2.33. The molecule has 0 radical (unpaired) electrons. The number of fused-ring (bicyclic) bond motifs is 1. The SMILES string of the molecule is CC(C)n1nc2c(c1-c1ccc(F)cc1)CCN(Cc1ccccc1)C2. The molecule has 2 aromatic carbocycles. The van der Waals surface area contributed by atoms with E-state index in [4.69, 9.17) is 5.10 Å². The lowest BCUT2D eigenvalue weighted by molar-refractivity contribution is 0.242. The van der Waals surface area contributed by atoms with Crippen LogP contribution in [-0.2, 0) is 19.5 Å². The molecule has 0 fully saturated rings. The van der Waals surface area contributed by atoms with E-state index in [1.807, 2.05) is 12.1 Å². The molecule has 0 saturated carbocycles. The van der Waals surface area contributed by atoms with Gasteiger partial charge in [-0.1, -0.05) is 30.3 Å². The third-order valence-corrected chi connectivity index (χ3v) is 5.00. The van der Waals surface area contributed by atoms with Gasteiger partial charge in [-0.2, -0.15) is 5.10 Å². The summed E-state index contributed by atoms with van der Waals surface area (Å²) in [6.07, 6.45) is 0.974. The number of aromatic nitrogens is 2. The van der Waals surface area contributed by atoms with Crippen LogP contribution in [0.15, 0.2) is 54.6 Å². The predicted octanol–water partition coefficient (Wildman–Crippen LogP) is 4.83. The van der Waals surface area contributed by atoms with E-state index in [9.17, 15) is 4.39 Å². The molecule has 4 rings (SSSR count). The molecule has 4 heteroatoms. The number of benzene rings is 2. The van der Waals surface area contributed by atoms with E-state index in [0.29, 0.717) is 0 Å². The van der Waals surface area contributed by atoms with E-state index in [0.717, 1.165) is 43.0 Å². The summed E-state index contributed by atoms with van der Waals surface area (Å²) in [5.74, 6) is -0.202. The van der Waals surface area contributed by atoms with Gasteiger partial charge in [-0.05, 0) is 50.1 Å². The Balaban J connectivity index is 1.66. The zero-order valence-electron chi connectivity index (χ0n) is 15.3. The Hall–Kier alpha value is -2.46. The smallest absolute Gasteiger partial charge is 0.123 e. The summed E-state index contributed by atoms with van der Waals surface area (Å²) in [6.45, 7) is 7.11. The molecule has 134 valence electrons. The van der Waals surface area contributed by atoms with Crippen LogP contribution < -0.4 is 0 Å². The van der Waals surface area contributed by atoms with Gasteiger partial charge in [0.05, 0.1) is 11.4 Å². The number of hydrogen-bond donors (Lipinski definition) is 0. The van der Waals surface area contributed by atoms with Crippen LogP contribution in [0.2, 0.25) is 0 Å². The van der Waals surface area contributed by atoms with Crippen LogP contribution in [-0.4, -0.2) is 21.2 Å². The molecule has 1 aliphatic heterocycles. The molecule has 0 atom stereocenters. The van der Waals surface area contributed by atoms with Crippen molar-refractivity contribution in [1.82, 2.24) is 14.7 Å². The predicted molar refractivity (Wildman–Crippen MR) is 102 cm³/mol. The first-order chi connectivity index (χ1) is 12.6. The average Bonchev–Trinajstić information content (AvgIpc) is 3.02. The topological polar surface area (TPSA) is 21.1 Å². The lowest BCUT2D eigenvalue weighted by atomic mass is 9.99. The van der Waals surface area contributed by atoms with Crippen molar-refractivity contribution in [1.29, 1.82) is 0 Å². The highest BCUT2D eigenvalue weighted by atomic mass is 19.1. The van der Waals surface area contributed by atoms with E-state index in [-0.39, 0.29) is 11.9 Å². The maximum atomic E-state index is 13.4. The molecule has 3 nitrogen and oxygen atoms in total. The monoisotopic (exact) mass is 349 g/mol. The molecular weight excluding hydrogens is 325 g/mol. The van der Waals surface area contributed by atoms with E-state index in [1.54, 1.807) is 0 Å². The normalized spacial score (nSPS) is 14.6. The summed E-state index contributed by atoms with van der Waals surface area (Å²) in [5.41, 5.74) is 5.99. The molecule has 26 heavy (non-hydrogen) atoms. The van der Waals surface area contributed by atoms with Crippen LogP contribution in [0, 0.1) is 5.82 Å². The van der Waals surface area contributed by atoms with Crippen molar-refractivity contribution in [2.24, 2.45) is 0 Å². The quantitative estimate of drug-likeness (QED) is 0.673. The van der Waals surface area contributed by atoms with Crippen LogP contribution in [0.3, 0.4) is 0 Å². The van der Waals surface area contributed by atoms with Crippen molar-refractivity contribution in [3.63, 3.8) is 0 Å². The maximum absolute atomic E-state index is 13.4. The first-order valence-electron chi connectivity index (χ1n) is 9.24. The fourth-order valence-electron chi connectivity index (χ4n) is 3.73. The van der Waals surface area contributed by atoms with Gasteiger partial charge in [-0.3, -0.25) is 9.58 Å². The summed E-state index contributed by atoms with van der Waals surface area (Å²) in [5, 5.41) is 4.92. The van der Waals surface area contributed by atoms with Gasteiger partial charge in [0.15, 0.2) is 0 Å². The molecule has 0 N–H and O–H groups in total. The Bertz CT molecular complexity index is 882. The second kappa shape index (κ2) is 7.04. The minimum atomic E-state index is -0.202. The van der Waals surface area contributed by atoms with Crippen LogP contribution in [0.25, 0.3) is 11.3 Å². The number of rotatable bonds is 4. The van der Waals surface area contributed by atoms with Crippen molar-refractivity contribution in [3.8, 4) is 11.3 Å². The van der Waals surface area contributed by atoms with Crippen LogP contribution in [0.4, 0.5) is 4.39 Å².